The van der Waals surface area contributed by atoms with Crippen LogP contribution in [0, 0.1) is 11.6 Å². The van der Waals surface area contributed by atoms with Crippen LogP contribution < -0.4 is 10.5 Å². The van der Waals surface area contributed by atoms with Crippen LogP contribution in [-0.2, 0) is 6.61 Å². The molecule has 3 N–H and O–H groups in total. The highest BCUT2D eigenvalue weighted by molar-refractivity contribution is 6.31. The summed E-state index contributed by atoms with van der Waals surface area (Å²) in [6, 6.07) is 13.3. The number of nitrogens with one attached hydrogen (secondary N) is 1. The Kier molecular flexibility index (Phi) is 5.42. The van der Waals surface area contributed by atoms with Gasteiger partial charge in [-0.3, -0.25) is 4.79 Å². The van der Waals surface area contributed by atoms with E-state index in [-0.39, 0.29) is 45.3 Å². The molecule has 0 aliphatic rings. The molecule has 1 amide bonds. The zero-order valence-corrected chi connectivity index (χ0v) is 17.9. The third-order valence-electron chi connectivity index (χ3n) is 5.15. The molecule has 0 bridgehead atoms. The van der Waals surface area contributed by atoms with Crippen molar-refractivity contribution in [1.29, 1.82) is 0 Å². The van der Waals surface area contributed by atoms with Gasteiger partial charge in [-0.25, -0.2) is 13.9 Å². The summed E-state index contributed by atoms with van der Waals surface area (Å²) in [5, 5.41) is 13.6. The maximum absolute atomic E-state index is 14.7. The molecule has 34 heavy (non-hydrogen) atoms. The summed E-state index contributed by atoms with van der Waals surface area (Å²) >= 11 is 6.03. The molecule has 0 aliphatic heterocycles. The molecule has 170 valence electrons. The van der Waals surface area contributed by atoms with E-state index < -0.39 is 17.5 Å². The van der Waals surface area contributed by atoms with Crippen molar-refractivity contribution >= 4 is 28.5 Å². The van der Waals surface area contributed by atoms with Gasteiger partial charge in [0.25, 0.3) is 5.91 Å². The zero-order chi connectivity index (χ0) is 23.8. The molecule has 3 aromatic carbocycles. The van der Waals surface area contributed by atoms with Crippen molar-refractivity contribution in [1.82, 2.24) is 20.6 Å². The van der Waals surface area contributed by atoms with Crippen molar-refractivity contribution in [2.24, 2.45) is 5.73 Å². The summed E-state index contributed by atoms with van der Waals surface area (Å²) in [5.74, 6) is -1.05. The first-order valence-electron chi connectivity index (χ1n) is 9.88. The number of nitrogens with zero attached hydrogens (tertiary/aromatic N) is 3. The Labute approximate surface area is 195 Å². The van der Waals surface area contributed by atoms with Crippen LogP contribution in [0.4, 0.5) is 8.78 Å². The molecule has 2 heterocycles. The number of benzene rings is 3. The summed E-state index contributed by atoms with van der Waals surface area (Å²) in [6.07, 6.45) is 0. The van der Waals surface area contributed by atoms with Crippen LogP contribution in [0.1, 0.15) is 15.9 Å². The minimum absolute atomic E-state index is 0.0444. The van der Waals surface area contributed by atoms with E-state index in [1.807, 2.05) is 0 Å². The van der Waals surface area contributed by atoms with Crippen molar-refractivity contribution in [3.63, 3.8) is 0 Å². The van der Waals surface area contributed by atoms with Gasteiger partial charge in [-0.15, -0.1) is 5.10 Å². The molecule has 0 fully saturated rings. The van der Waals surface area contributed by atoms with Crippen LogP contribution in [0.15, 0.2) is 59.0 Å². The average molecular weight is 482 g/mol. The van der Waals surface area contributed by atoms with Crippen molar-refractivity contribution in [3.8, 4) is 28.5 Å². The highest BCUT2D eigenvalue weighted by atomic mass is 35.5. The molecule has 0 spiro atoms. The number of hydrogen-bond donors (Lipinski definition) is 2. The van der Waals surface area contributed by atoms with Gasteiger partial charge >= 0.3 is 0 Å². The number of H-pyrrole nitrogens is 1. The Bertz CT molecular complexity index is 1520. The van der Waals surface area contributed by atoms with E-state index in [1.54, 1.807) is 30.3 Å². The van der Waals surface area contributed by atoms with Crippen molar-refractivity contribution in [2.45, 2.75) is 6.61 Å². The number of rotatable bonds is 6. The number of nitrogens with two attached hydrogens (primary N) is 1. The molecular weight excluding hydrogens is 468 g/mol. The second-order valence-corrected chi connectivity index (χ2v) is 7.70. The van der Waals surface area contributed by atoms with E-state index >= 15 is 0 Å². The molecule has 2 aromatic heterocycles. The Balaban J connectivity index is 1.47. The van der Waals surface area contributed by atoms with Crippen LogP contribution in [0.2, 0.25) is 5.02 Å². The van der Waals surface area contributed by atoms with E-state index in [2.05, 4.69) is 20.6 Å². The summed E-state index contributed by atoms with van der Waals surface area (Å²) in [5.41, 5.74) is 7.11. The van der Waals surface area contributed by atoms with Gasteiger partial charge in [-0.05, 0) is 59.0 Å². The van der Waals surface area contributed by atoms with Gasteiger partial charge in [0.05, 0.1) is 16.1 Å². The largest absolute Gasteiger partial charge is 0.489 e. The topological polar surface area (TPSA) is 120 Å². The normalized spacial score (nSPS) is 11.1. The highest BCUT2D eigenvalue weighted by Crippen LogP contribution is 2.37. The SMILES string of the molecule is NC(=O)c1c(-c2ccc(OCc3ccc(F)cc3Cl)cc2)oc2cc(-c3nnn[nH]3)c(F)cc12. The Morgan fingerprint density at radius 2 is 1.91 bits per heavy atom. The van der Waals surface area contributed by atoms with Crippen molar-refractivity contribution < 1.29 is 22.7 Å². The second kappa shape index (κ2) is 8.56. The summed E-state index contributed by atoms with van der Waals surface area (Å²) in [4.78, 5) is 12.2. The lowest BCUT2D eigenvalue weighted by Crippen LogP contribution is -2.11. The van der Waals surface area contributed by atoms with Crippen LogP contribution >= 0.6 is 11.6 Å². The third kappa shape index (κ3) is 3.95. The maximum atomic E-state index is 14.7. The molecule has 8 nitrogen and oxygen atoms in total. The van der Waals surface area contributed by atoms with Crippen LogP contribution in [0.25, 0.3) is 33.7 Å². The molecule has 0 aliphatic carbocycles. The highest BCUT2D eigenvalue weighted by Gasteiger charge is 2.23. The molecule has 0 radical (unpaired) electrons. The number of aromatic nitrogens is 4. The Morgan fingerprint density at radius 3 is 2.59 bits per heavy atom. The lowest BCUT2D eigenvalue weighted by Gasteiger charge is -2.08. The van der Waals surface area contributed by atoms with Crippen LogP contribution in [0.3, 0.4) is 0 Å². The van der Waals surface area contributed by atoms with E-state index in [4.69, 9.17) is 26.5 Å². The van der Waals surface area contributed by atoms with Crippen molar-refractivity contribution in [3.05, 3.63) is 82.4 Å². The summed E-state index contributed by atoms with van der Waals surface area (Å²) in [6.45, 7) is 0.133. The maximum Gasteiger partial charge on any atom is 0.253 e. The predicted molar refractivity (Wildman–Crippen MR) is 119 cm³/mol. The number of carbonyl (C=O) groups is 1. The smallest absolute Gasteiger partial charge is 0.253 e. The number of furan rings is 1. The molecule has 11 heteroatoms. The average Bonchev–Trinajstić information content (AvgIpc) is 3.46. The molecule has 0 saturated carbocycles. The number of ether oxygens (including phenoxy) is 1. The van der Waals surface area contributed by atoms with E-state index in [9.17, 15) is 13.6 Å². The number of amides is 1. The van der Waals surface area contributed by atoms with E-state index in [0.717, 1.165) is 6.07 Å². The number of tetrazole rings is 1. The molecule has 0 saturated heterocycles. The van der Waals surface area contributed by atoms with Gasteiger partial charge < -0.3 is 14.9 Å². The van der Waals surface area contributed by atoms with Crippen LogP contribution in [0.5, 0.6) is 5.75 Å². The number of primary amides is 1. The minimum Gasteiger partial charge on any atom is -0.489 e. The van der Waals surface area contributed by atoms with E-state index in [0.29, 0.717) is 16.9 Å². The fraction of sp³-hybridized carbons (Fsp3) is 0.0435. The van der Waals surface area contributed by atoms with Gasteiger partial charge in [-0.2, -0.15) is 0 Å². The van der Waals surface area contributed by atoms with Gasteiger partial charge in [0.2, 0.25) is 0 Å². The second-order valence-electron chi connectivity index (χ2n) is 7.30. The number of aromatic amines is 1. The molecule has 5 aromatic rings. The van der Waals surface area contributed by atoms with Crippen molar-refractivity contribution in [2.75, 3.05) is 0 Å². The Hall–Kier alpha value is -4.31. The predicted octanol–water partition coefficient (Wildman–Crippen LogP) is 4.89. The monoisotopic (exact) mass is 481 g/mol. The fourth-order valence-corrected chi connectivity index (χ4v) is 3.74. The quantitative estimate of drug-likeness (QED) is 0.356. The summed E-state index contributed by atoms with van der Waals surface area (Å²) in [7, 11) is 0. The van der Waals surface area contributed by atoms with Gasteiger partial charge in [0.1, 0.15) is 35.3 Å². The Morgan fingerprint density at radius 1 is 1.12 bits per heavy atom. The first-order valence-corrected chi connectivity index (χ1v) is 10.3. The molecule has 0 atom stereocenters. The standard InChI is InChI=1S/C23H14ClF2N5O3/c24-17-7-13(25)4-1-12(17)10-33-14-5-2-11(3-6-14)21-20(22(27)32)16-8-18(26)15(9-19(16)34-21)23-28-30-31-29-23/h1-9H,10H2,(H2,27,32)(H,28,29,30,31). The van der Waals surface area contributed by atoms with Gasteiger partial charge in [0, 0.05) is 16.5 Å². The first kappa shape index (κ1) is 21.5. The fourth-order valence-electron chi connectivity index (χ4n) is 3.52. The van der Waals surface area contributed by atoms with Gasteiger partial charge in [-0.1, -0.05) is 17.7 Å². The van der Waals surface area contributed by atoms with E-state index in [1.165, 1.54) is 18.2 Å². The molecular formula is C23H14ClF2N5O3. The lowest BCUT2D eigenvalue weighted by atomic mass is 10.0. The number of carbonyl (C=O) groups excluding carboxylic acids is 1. The lowest BCUT2D eigenvalue weighted by molar-refractivity contribution is 0.100. The summed E-state index contributed by atoms with van der Waals surface area (Å²) < 4.78 is 39.5. The minimum atomic E-state index is -0.770. The zero-order valence-electron chi connectivity index (χ0n) is 17.2. The molecule has 5 rings (SSSR count). The third-order valence-corrected chi connectivity index (χ3v) is 5.50. The number of fused-ring (bicyclic) bond motifs is 1. The number of hydrogen-bond acceptors (Lipinski definition) is 6. The van der Waals surface area contributed by atoms with Crippen LogP contribution in [-0.4, -0.2) is 26.5 Å². The molecule has 0 unspecified atom stereocenters. The van der Waals surface area contributed by atoms with Gasteiger partial charge in [0.15, 0.2) is 5.82 Å². The first-order chi connectivity index (χ1) is 16.4. The number of halogens is 3.